The van der Waals surface area contributed by atoms with Crippen molar-refractivity contribution in [3.05, 3.63) is 53.6 Å². The van der Waals surface area contributed by atoms with Gasteiger partial charge in [-0.05, 0) is 29.8 Å². The summed E-state index contributed by atoms with van der Waals surface area (Å²) in [6.45, 7) is -3.17. The van der Waals surface area contributed by atoms with Crippen LogP contribution in [-0.4, -0.2) is 17.7 Å². The van der Waals surface area contributed by atoms with Crippen molar-refractivity contribution < 1.29 is 32.2 Å². The zero-order valence-corrected chi connectivity index (χ0v) is 10.3. The number of aromatic carboxylic acids is 1. The van der Waals surface area contributed by atoms with Gasteiger partial charge in [0.1, 0.15) is 5.75 Å². The Bertz CT molecular complexity index is 686. The first-order valence-corrected chi connectivity index (χ1v) is 5.66. The van der Waals surface area contributed by atoms with Gasteiger partial charge in [0.2, 0.25) is 0 Å². The summed E-state index contributed by atoms with van der Waals surface area (Å²) < 4.78 is 55.5. The molecule has 3 nitrogen and oxygen atoms in total. The van der Waals surface area contributed by atoms with Gasteiger partial charge in [0.05, 0.1) is 5.56 Å². The van der Waals surface area contributed by atoms with Crippen LogP contribution in [0.3, 0.4) is 0 Å². The molecule has 2 aromatic rings. The summed E-state index contributed by atoms with van der Waals surface area (Å²) >= 11 is 0. The van der Waals surface area contributed by atoms with E-state index in [1.54, 1.807) is 0 Å². The largest absolute Gasteiger partial charge is 0.478 e. The van der Waals surface area contributed by atoms with Crippen LogP contribution in [0.1, 0.15) is 10.4 Å². The number of rotatable bonds is 4. The van der Waals surface area contributed by atoms with Crippen LogP contribution in [0.5, 0.6) is 5.75 Å². The fourth-order valence-corrected chi connectivity index (χ4v) is 1.78. The second kappa shape index (κ2) is 5.82. The second-order valence-corrected chi connectivity index (χ2v) is 4.03. The van der Waals surface area contributed by atoms with E-state index in [0.717, 1.165) is 24.3 Å². The lowest BCUT2D eigenvalue weighted by atomic mass is 10.0. The lowest BCUT2D eigenvalue weighted by molar-refractivity contribution is -0.0498. The van der Waals surface area contributed by atoms with Crippen molar-refractivity contribution in [3.63, 3.8) is 0 Å². The summed E-state index contributed by atoms with van der Waals surface area (Å²) in [5.74, 6) is -4.20. The van der Waals surface area contributed by atoms with Crippen molar-refractivity contribution in [1.29, 1.82) is 0 Å². The lowest BCUT2D eigenvalue weighted by Gasteiger charge is -2.10. The second-order valence-electron chi connectivity index (χ2n) is 4.03. The summed E-state index contributed by atoms with van der Waals surface area (Å²) in [4.78, 5) is 11.0. The highest BCUT2D eigenvalue weighted by atomic mass is 19.3. The fraction of sp³-hybridized carbons (Fsp3) is 0.0714. The molecule has 110 valence electrons. The minimum Gasteiger partial charge on any atom is -0.478 e. The number of alkyl halides is 2. The fourth-order valence-electron chi connectivity index (χ4n) is 1.78. The molecule has 0 radical (unpaired) electrons. The van der Waals surface area contributed by atoms with Crippen LogP contribution in [0.2, 0.25) is 0 Å². The number of halogens is 4. The topological polar surface area (TPSA) is 46.5 Å². The third-order valence-electron chi connectivity index (χ3n) is 2.64. The maximum atomic E-state index is 13.7. The summed E-state index contributed by atoms with van der Waals surface area (Å²) in [5.41, 5.74) is -0.716. The third-order valence-corrected chi connectivity index (χ3v) is 2.64. The van der Waals surface area contributed by atoms with Crippen LogP contribution in [0, 0.1) is 11.6 Å². The molecule has 1 N–H and O–H groups in total. The molecule has 0 fully saturated rings. The highest BCUT2D eigenvalue weighted by Crippen LogP contribution is 2.30. The van der Waals surface area contributed by atoms with E-state index in [1.165, 1.54) is 12.1 Å². The Balaban J connectivity index is 2.59. The van der Waals surface area contributed by atoms with Crippen LogP contribution >= 0.6 is 0 Å². The van der Waals surface area contributed by atoms with Gasteiger partial charge < -0.3 is 9.84 Å². The highest BCUT2D eigenvalue weighted by molar-refractivity contribution is 5.90. The first kappa shape index (κ1) is 14.8. The molecule has 0 aliphatic heterocycles. The molecular weight excluding hydrogens is 292 g/mol. The maximum Gasteiger partial charge on any atom is 0.387 e. The summed E-state index contributed by atoms with van der Waals surface area (Å²) in [5, 5.41) is 8.93. The zero-order valence-electron chi connectivity index (χ0n) is 10.3. The standard InChI is InChI=1S/C14H8F4O3/c15-11-3-1-2-10(12(11)16)7-4-8(13(19)20)6-9(5-7)21-14(17)18/h1-6,14H,(H,19,20). The Morgan fingerprint density at radius 3 is 2.48 bits per heavy atom. The molecule has 0 aliphatic carbocycles. The van der Waals surface area contributed by atoms with Gasteiger partial charge in [-0.15, -0.1) is 0 Å². The minimum atomic E-state index is -3.17. The normalized spacial score (nSPS) is 10.7. The summed E-state index contributed by atoms with van der Waals surface area (Å²) in [6.07, 6.45) is 0. The van der Waals surface area contributed by atoms with Gasteiger partial charge in [-0.3, -0.25) is 0 Å². The molecule has 0 amide bonds. The summed E-state index contributed by atoms with van der Waals surface area (Å²) in [6, 6.07) is 6.22. The van der Waals surface area contributed by atoms with Crippen LogP contribution < -0.4 is 4.74 Å². The Morgan fingerprint density at radius 2 is 1.86 bits per heavy atom. The number of ether oxygens (including phenoxy) is 1. The number of carboxylic acid groups (broad SMARTS) is 1. The van der Waals surface area contributed by atoms with Gasteiger partial charge >= 0.3 is 12.6 Å². The molecule has 0 spiro atoms. The van der Waals surface area contributed by atoms with Gasteiger partial charge in [-0.25, -0.2) is 13.6 Å². The predicted molar refractivity (Wildman–Crippen MR) is 65.4 cm³/mol. The number of carboxylic acids is 1. The quantitative estimate of drug-likeness (QED) is 0.870. The van der Waals surface area contributed by atoms with Crippen LogP contribution in [-0.2, 0) is 0 Å². The first-order valence-electron chi connectivity index (χ1n) is 5.66. The third kappa shape index (κ3) is 3.31. The van der Waals surface area contributed by atoms with E-state index < -0.39 is 30.0 Å². The highest BCUT2D eigenvalue weighted by Gasteiger charge is 2.15. The van der Waals surface area contributed by atoms with Crippen molar-refractivity contribution in [3.8, 4) is 16.9 Å². The monoisotopic (exact) mass is 300 g/mol. The van der Waals surface area contributed by atoms with Gasteiger partial charge in [-0.2, -0.15) is 8.78 Å². The van der Waals surface area contributed by atoms with E-state index in [1.807, 2.05) is 0 Å². The van der Waals surface area contributed by atoms with Crippen LogP contribution in [0.15, 0.2) is 36.4 Å². The number of hydrogen-bond donors (Lipinski definition) is 1. The number of hydrogen-bond acceptors (Lipinski definition) is 2. The van der Waals surface area contributed by atoms with Crippen molar-refractivity contribution in [1.82, 2.24) is 0 Å². The van der Waals surface area contributed by atoms with Crippen molar-refractivity contribution in [2.24, 2.45) is 0 Å². The molecule has 0 aromatic heterocycles. The first-order chi connectivity index (χ1) is 9.88. The average molecular weight is 300 g/mol. The molecule has 0 bridgehead atoms. The van der Waals surface area contributed by atoms with E-state index in [0.29, 0.717) is 0 Å². The Kier molecular flexibility index (Phi) is 4.11. The van der Waals surface area contributed by atoms with Gasteiger partial charge in [-0.1, -0.05) is 12.1 Å². The van der Waals surface area contributed by atoms with Crippen molar-refractivity contribution in [2.75, 3.05) is 0 Å². The SMILES string of the molecule is O=C(O)c1cc(OC(F)F)cc(-c2cccc(F)c2F)c1. The molecule has 0 unspecified atom stereocenters. The Hall–Kier alpha value is -2.57. The van der Waals surface area contributed by atoms with Crippen molar-refractivity contribution in [2.45, 2.75) is 6.61 Å². The van der Waals surface area contributed by atoms with Gasteiger partial charge in [0, 0.05) is 5.56 Å². The molecule has 0 saturated heterocycles. The van der Waals surface area contributed by atoms with E-state index >= 15 is 0 Å². The van der Waals surface area contributed by atoms with E-state index in [-0.39, 0.29) is 16.7 Å². The van der Waals surface area contributed by atoms with Gasteiger partial charge in [0.15, 0.2) is 11.6 Å². The Morgan fingerprint density at radius 1 is 1.14 bits per heavy atom. The zero-order chi connectivity index (χ0) is 15.6. The molecule has 21 heavy (non-hydrogen) atoms. The Labute approximate surface area is 116 Å². The number of benzene rings is 2. The minimum absolute atomic E-state index is 0.0810. The molecule has 0 saturated carbocycles. The molecule has 7 heteroatoms. The lowest BCUT2D eigenvalue weighted by Crippen LogP contribution is -2.04. The molecule has 2 rings (SSSR count). The molecular formula is C14H8F4O3. The smallest absolute Gasteiger partial charge is 0.387 e. The predicted octanol–water partition coefficient (Wildman–Crippen LogP) is 3.93. The van der Waals surface area contributed by atoms with Crippen molar-refractivity contribution >= 4 is 5.97 Å². The molecule has 2 aromatic carbocycles. The van der Waals surface area contributed by atoms with Crippen LogP contribution in [0.4, 0.5) is 17.6 Å². The molecule has 0 aliphatic rings. The average Bonchev–Trinajstić information content (AvgIpc) is 2.40. The van der Waals surface area contributed by atoms with Crippen LogP contribution in [0.25, 0.3) is 11.1 Å². The van der Waals surface area contributed by atoms with E-state index in [2.05, 4.69) is 4.74 Å². The number of carbonyl (C=O) groups is 1. The van der Waals surface area contributed by atoms with Gasteiger partial charge in [0.25, 0.3) is 0 Å². The molecule has 0 atom stereocenters. The van der Waals surface area contributed by atoms with E-state index in [4.69, 9.17) is 5.11 Å². The van der Waals surface area contributed by atoms with E-state index in [9.17, 15) is 22.4 Å². The molecule has 0 heterocycles. The maximum absolute atomic E-state index is 13.7. The summed E-state index contributed by atoms with van der Waals surface area (Å²) in [7, 11) is 0.